The van der Waals surface area contributed by atoms with E-state index >= 15 is 0 Å². The summed E-state index contributed by atoms with van der Waals surface area (Å²) in [6.45, 7) is 5.20. The summed E-state index contributed by atoms with van der Waals surface area (Å²) < 4.78 is 14.0. The molecular weight excluding hydrogens is 409 g/mol. The third kappa shape index (κ3) is 5.72. The molecule has 2 aromatic rings. The lowest BCUT2D eigenvalue weighted by Gasteiger charge is -2.36. The number of halogens is 1. The van der Waals surface area contributed by atoms with Gasteiger partial charge in [0.05, 0.1) is 5.56 Å². The first-order valence-corrected chi connectivity index (χ1v) is 11.1. The zero-order chi connectivity index (χ0) is 23.1. The number of piperidine rings is 1. The van der Waals surface area contributed by atoms with Gasteiger partial charge in [-0.3, -0.25) is 14.4 Å². The van der Waals surface area contributed by atoms with Crippen molar-refractivity contribution in [3.05, 3.63) is 71.0 Å². The number of carbonyl (C=O) groups is 3. The van der Waals surface area contributed by atoms with Gasteiger partial charge in [0.25, 0.3) is 11.8 Å². The molecule has 1 fully saturated rings. The molecule has 0 bridgehead atoms. The summed E-state index contributed by atoms with van der Waals surface area (Å²) in [6.07, 6.45) is 1.87. The lowest BCUT2D eigenvalue weighted by Crippen LogP contribution is -2.54. The van der Waals surface area contributed by atoms with E-state index in [-0.39, 0.29) is 29.2 Å². The van der Waals surface area contributed by atoms with Crippen LogP contribution in [-0.2, 0) is 4.79 Å². The second-order valence-electron chi connectivity index (χ2n) is 8.22. The molecule has 1 aliphatic heterocycles. The number of likely N-dealkylation sites (tertiary alicyclic amines) is 1. The number of hydrogen-bond donors (Lipinski definition) is 2. The average molecular weight is 440 g/mol. The predicted molar refractivity (Wildman–Crippen MR) is 121 cm³/mol. The molecule has 3 rings (SSSR count). The van der Waals surface area contributed by atoms with Crippen LogP contribution in [-0.4, -0.2) is 48.3 Å². The molecular formula is C25H30FN3O3. The van der Waals surface area contributed by atoms with E-state index < -0.39 is 11.9 Å². The number of benzene rings is 2. The smallest absolute Gasteiger partial charge is 0.256 e. The molecule has 1 heterocycles. The first kappa shape index (κ1) is 23.4. The van der Waals surface area contributed by atoms with Crippen molar-refractivity contribution in [3.8, 4) is 0 Å². The Morgan fingerprint density at radius 1 is 1.09 bits per heavy atom. The standard InChI is InChI=1S/C25H30FN3O3/c1-3-13-27-24(31)22(28-23(30)19-8-6-7-17(2)16-19)18-11-14-29(15-12-18)25(32)20-9-4-5-10-21(20)26/h4-10,16,18,22H,3,11-15H2,1-2H3,(H,27,31)(H,28,30)/t22-/m1/s1. The van der Waals surface area contributed by atoms with Gasteiger partial charge in [-0.05, 0) is 56.4 Å². The van der Waals surface area contributed by atoms with Gasteiger partial charge in [0.15, 0.2) is 0 Å². The van der Waals surface area contributed by atoms with Crippen LogP contribution in [0, 0.1) is 18.7 Å². The van der Waals surface area contributed by atoms with Crippen LogP contribution < -0.4 is 10.6 Å². The molecule has 6 nitrogen and oxygen atoms in total. The molecule has 0 unspecified atom stereocenters. The summed E-state index contributed by atoms with van der Waals surface area (Å²) >= 11 is 0. The van der Waals surface area contributed by atoms with Gasteiger partial charge in [-0.2, -0.15) is 0 Å². The minimum atomic E-state index is -0.694. The third-order valence-corrected chi connectivity index (χ3v) is 5.80. The molecule has 1 aliphatic rings. The van der Waals surface area contributed by atoms with E-state index in [2.05, 4.69) is 10.6 Å². The van der Waals surface area contributed by atoms with Crippen LogP contribution >= 0.6 is 0 Å². The summed E-state index contributed by atoms with van der Waals surface area (Å²) in [4.78, 5) is 40.0. The molecule has 3 amide bonds. The highest BCUT2D eigenvalue weighted by molar-refractivity contribution is 5.98. The second kappa shape index (κ2) is 10.9. The Balaban J connectivity index is 1.69. The lowest BCUT2D eigenvalue weighted by atomic mass is 9.88. The molecule has 1 atom stereocenters. The molecule has 1 saturated heterocycles. The summed E-state index contributed by atoms with van der Waals surface area (Å²) in [5.74, 6) is -1.52. The monoisotopic (exact) mass is 439 g/mol. The quantitative estimate of drug-likeness (QED) is 0.695. The molecule has 2 aromatic carbocycles. The zero-order valence-corrected chi connectivity index (χ0v) is 18.6. The van der Waals surface area contributed by atoms with Crippen molar-refractivity contribution in [2.75, 3.05) is 19.6 Å². The number of carbonyl (C=O) groups excluding carboxylic acids is 3. The third-order valence-electron chi connectivity index (χ3n) is 5.80. The van der Waals surface area contributed by atoms with Crippen LogP contribution in [0.3, 0.4) is 0 Å². The minimum Gasteiger partial charge on any atom is -0.354 e. The molecule has 32 heavy (non-hydrogen) atoms. The maximum Gasteiger partial charge on any atom is 0.256 e. The number of aryl methyl sites for hydroxylation is 1. The van der Waals surface area contributed by atoms with E-state index in [0.29, 0.717) is 38.0 Å². The van der Waals surface area contributed by atoms with Crippen molar-refractivity contribution in [1.82, 2.24) is 15.5 Å². The molecule has 0 aliphatic carbocycles. The molecule has 0 spiro atoms. The number of amides is 3. The van der Waals surface area contributed by atoms with Crippen molar-refractivity contribution in [2.24, 2.45) is 5.92 Å². The van der Waals surface area contributed by atoms with Gasteiger partial charge in [-0.1, -0.05) is 36.8 Å². The van der Waals surface area contributed by atoms with Crippen LogP contribution in [0.5, 0.6) is 0 Å². The first-order valence-electron chi connectivity index (χ1n) is 11.1. The highest BCUT2D eigenvalue weighted by Crippen LogP contribution is 2.23. The van der Waals surface area contributed by atoms with Crippen LogP contribution in [0.15, 0.2) is 48.5 Å². The number of nitrogens with one attached hydrogen (secondary N) is 2. The predicted octanol–water partition coefficient (Wildman–Crippen LogP) is 3.31. The van der Waals surface area contributed by atoms with E-state index in [9.17, 15) is 18.8 Å². The second-order valence-corrected chi connectivity index (χ2v) is 8.22. The maximum absolute atomic E-state index is 14.0. The lowest BCUT2D eigenvalue weighted by molar-refractivity contribution is -0.124. The summed E-state index contributed by atoms with van der Waals surface area (Å²) in [5.41, 5.74) is 1.52. The van der Waals surface area contributed by atoms with Crippen LogP contribution in [0.1, 0.15) is 52.5 Å². The topological polar surface area (TPSA) is 78.5 Å². The van der Waals surface area contributed by atoms with E-state index in [1.807, 2.05) is 26.0 Å². The van der Waals surface area contributed by atoms with Gasteiger partial charge in [0.1, 0.15) is 11.9 Å². The zero-order valence-electron chi connectivity index (χ0n) is 18.6. The Hall–Kier alpha value is -3.22. The Morgan fingerprint density at radius 3 is 2.47 bits per heavy atom. The van der Waals surface area contributed by atoms with Gasteiger partial charge in [-0.25, -0.2) is 4.39 Å². The summed E-state index contributed by atoms with van der Waals surface area (Å²) in [7, 11) is 0. The summed E-state index contributed by atoms with van der Waals surface area (Å²) in [6, 6.07) is 12.5. The van der Waals surface area contributed by atoms with Gasteiger partial charge in [0, 0.05) is 25.2 Å². The van der Waals surface area contributed by atoms with Gasteiger partial charge in [0.2, 0.25) is 5.91 Å². The Morgan fingerprint density at radius 2 is 1.81 bits per heavy atom. The molecule has 2 N–H and O–H groups in total. The van der Waals surface area contributed by atoms with E-state index in [1.165, 1.54) is 12.1 Å². The van der Waals surface area contributed by atoms with Crippen LogP contribution in [0.25, 0.3) is 0 Å². The fourth-order valence-corrected chi connectivity index (χ4v) is 4.01. The fraction of sp³-hybridized carbons (Fsp3) is 0.400. The van der Waals surface area contributed by atoms with Gasteiger partial charge < -0.3 is 15.5 Å². The highest BCUT2D eigenvalue weighted by Gasteiger charge is 2.34. The van der Waals surface area contributed by atoms with E-state index in [0.717, 1.165) is 12.0 Å². The highest BCUT2D eigenvalue weighted by atomic mass is 19.1. The van der Waals surface area contributed by atoms with Crippen molar-refractivity contribution < 1.29 is 18.8 Å². The largest absolute Gasteiger partial charge is 0.354 e. The maximum atomic E-state index is 14.0. The number of rotatable bonds is 7. The van der Waals surface area contributed by atoms with Crippen LogP contribution in [0.2, 0.25) is 0 Å². The van der Waals surface area contributed by atoms with Crippen molar-refractivity contribution in [2.45, 2.75) is 39.2 Å². The van der Waals surface area contributed by atoms with Crippen molar-refractivity contribution in [3.63, 3.8) is 0 Å². The van der Waals surface area contributed by atoms with E-state index in [4.69, 9.17) is 0 Å². The molecule has 0 aromatic heterocycles. The molecule has 7 heteroatoms. The Bertz CT molecular complexity index is 970. The van der Waals surface area contributed by atoms with Gasteiger partial charge in [-0.15, -0.1) is 0 Å². The SMILES string of the molecule is CCCNC(=O)[C@H](NC(=O)c1cccc(C)c1)C1CCN(C(=O)c2ccccc2F)CC1. The Labute approximate surface area is 188 Å². The van der Waals surface area contributed by atoms with Gasteiger partial charge >= 0.3 is 0 Å². The number of nitrogens with zero attached hydrogens (tertiary/aromatic N) is 1. The molecule has 0 saturated carbocycles. The summed E-state index contributed by atoms with van der Waals surface area (Å²) in [5, 5.41) is 5.79. The average Bonchev–Trinajstić information content (AvgIpc) is 2.81. The molecule has 0 radical (unpaired) electrons. The fourth-order valence-electron chi connectivity index (χ4n) is 4.01. The van der Waals surface area contributed by atoms with E-state index in [1.54, 1.807) is 29.2 Å². The van der Waals surface area contributed by atoms with Crippen molar-refractivity contribution >= 4 is 17.7 Å². The normalized spacial score (nSPS) is 15.2. The van der Waals surface area contributed by atoms with Crippen molar-refractivity contribution in [1.29, 1.82) is 0 Å². The Kier molecular flexibility index (Phi) is 7.98. The molecule has 170 valence electrons. The first-order chi connectivity index (χ1) is 15.4. The minimum absolute atomic E-state index is 0.0518. The number of hydrogen-bond acceptors (Lipinski definition) is 3. The van der Waals surface area contributed by atoms with Crippen LogP contribution in [0.4, 0.5) is 4.39 Å².